The minimum absolute atomic E-state index is 0.121. The molecule has 1 aromatic carbocycles. The van der Waals surface area contributed by atoms with Gasteiger partial charge in [-0.15, -0.1) is 0 Å². The molecule has 0 aliphatic rings. The van der Waals surface area contributed by atoms with Crippen LogP contribution in [-0.4, -0.2) is 4.98 Å². The molecule has 0 fully saturated rings. The molecular formula is C12H8BrClFNO. The van der Waals surface area contributed by atoms with Gasteiger partial charge in [0.2, 0.25) is 0 Å². The highest BCUT2D eigenvalue weighted by molar-refractivity contribution is 9.10. The Morgan fingerprint density at radius 3 is 2.82 bits per heavy atom. The molecule has 0 saturated heterocycles. The van der Waals surface area contributed by atoms with E-state index in [2.05, 4.69) is 20.9 Å². The lowest BCUT2D eigenvalue weighted by Gasteiger charge is -2.07. The van der Waals surface area contributed by atoms with Crippen molar-refractivity contribution in [2.24, 2.45) is 0 Å². The van der Waals surface area contributed by atoms with Crippen molar-refractivity contribution in [2.75, 3.05) is 0 Å². The first kappa shape index (κ1) is 12.3. The summed E-state index contributed by atoms with van der Waals surface area (Å²) in [6, 6.07) is 7.87. The van der Waals surface area contributed by atoms with Crippen LogP contribution in [-0.2, 0) is 6.61 Å². The van der Waals surface area contributed by atoms with Crippen molar-refractivity contribution in [3.63, 3.8) is 0 Å². The first-order chi connectivity index (χ1) is 8.15. The summed E-state index contributed by atoms with van der Waals surface area (Å²) in [5.74, 6) is 0.243. The van der Waals surface area contributed by atoms with Crippen LogP contribution < -0.4 is 4.74 Å². The average Bonchev–Trinajstić information content (AvgIpc) is 2.32. The lowest BCUT2D eigenvalue weighted by molar-refractivity contribution is 0.298. The zero-order valence-electron chi connectivity index (χ0n) is 8.66. The third kappa shape index (κ3) is 3.41. The van der Waals surface area contributed by atoms with Crippen molar-refractivity contribution in [3.8, 4) is 5.75 Å². The zero-order chi connectivity index (χ0) is 12.3. The van der Waals surface area contributed by atoms with Crippen molar-refractivity contribution in [1.29, 1.82) is 0 Å². The van der Waals surface area contributed by atoms with Crippen molar-refractivity contribution in [1.82, 2.24) is 4.98 Å². The van der Waals surface area contributed by atoms with Gasteiger partial charge in [0, 0.05) is 10.6 Å². The number of nitrogens with zero attached hydrogens (tertiary/aromatic N) is 1. The fourth-order valence-electron chi connectivity index (χ4n) is 1.26. The number of hydrogen-bond acceptors (Lipinski definition) is 2. The third-order valence-corrected chi connectivity index (χ3v) is 2.81. The van der Waals surface area contributed by atoms with Crippen LogP contribution in [0.25, 0.3) is 0 Å². The summed E-state index contributed by atoms with van der Waals surface area (Å²) < 4.78 is 19.5. The quantitative estimate of drug-likeness (QED) is 0.791. The Bertz CT molecular complexity index is 518. The van der Waals surface area contributed by atoms with Crippen LogP contribution in [0.5, 0.6) is 5.75 Å². The molecular weight excluding hydrogens is 308 g/mol. The standard InChI is InChI=1S/C12H8BrClFNO/c13-12-4-2-10(6-16-12)17-7-8-5-9(14)1-3-11(8)15/h1-6H,7H2. The molecule has 0 bridgehead atoms. The van der Waals surface area contributed by atoms with E-state index in [0.717, 1.165) is 4.60 Å². The van der Waals surface area contributed by atoms with E-state index in [-0.39, 0.29) is 12.4 Å². The number of pyridine rings is 1. The summed E-state index contributed by atoms with van der Waals surface area (Å²) in [6.45, 7) is 0.121. The van der Waals surface area contributed by atoms with Crippen LogP contribution in [0.1, 0.15) is 5.56 Å². The van der Waals surface area contributed by atoms with Crippen LogP contribution in [0.3, 0.4) is 0 Å². The molecule has 17 heavy (non-hydrogen) atoms. The van der Waals surface area contributed by atoms with Gasteiger partial charge < -0.3 is 4.74 Å². The molecule has 2 nitrogen and oxygen atoms in total. The highest BCUT2D eigenvalue weighted by Gasteiger charge is 2.04. The van der Waals surface area contributed by atoms with Crippen LogP contribution in [0.2, 0.25) is 5.02 Å². The van der Waals surface area contributed by atoms with Gasteiger partial charge in [-0.1, -0.05) is 11.6 Å². The average molecular weight is 317 g/mol. The molecule has 0 unspecified atom stereocenters. The number of rotatable bonds is 3. The molecule has 0 amide bonds. The Hall–Kier alpha value is -1.13. The van der Waals surface area contributed by atoms with E-state index < -0.39 is 0 Å². The normalized spacial score (nSPS) is 10.3. The SMILES string of the molecule is Fc1ccc(Cl)cc1COc1ccc(Br)nc1. The van der Waals surface area contributed by atoms with E-state index in [1.54, 1.807) is 24.4 Å². The number of benzene rings is 1. The largest absolute Gasteiger partial charge is 0.487 e. The Morgan fingerprint density at radius 1 is 1.29 bits per heavy atom. The van der Waals surface area contributed by atoms with Crippen LogP contribution in [0.15, 0.2) is 41.1 Å². The monoisotopic (exact) mass is 315 g/mol. The van der Waals surface area contributed by atoms with Gasteiger partial charge >= 0.3 is 0 Å². The Morgan fingerprint density at radius 2 is 2.12 bits per heavy atom. The maximum Gasteiger partial charge on any atom is 0.138 e. The first-order valence-electron chi connectivity index (χ1n) is 4.83. The van der Waals surface area contributed by atoms with Crippen molar-refractivity contribution in [2.45, 2.75) is 6.61 Å². The van der Waals surface area contributed by atoms with Crippen LogP contribution >= 0.6 is 27.5 Å². The molecule has 2 rings (SSSR count). The van der Waals surface area contributed by atoms with Gasteiger partial charge in [-0.3, -0.25) is 0 Å². The van der Waals surface area contributed by atoms with Crippen molar-refractivity contribution in [3.05, 3.63) is 57.5 Å². The molecule has 2 aromatic rings. The zero-order valence-corrected chi connectivity index (χ0v) is 11.0. The molecule has 5 heteroatoms. The Kier molecular flexibility index (Phi) is 3.97. The molecule has 1 heterocycles. The molecule has 1 aromatic heterocycles. The first-order valence-corrected chi connectivity index (χ1v) is 6.00. The molecule has 0 N–H and O–H groups in total. The van der Waals surface area contributed by atoms with Gasteiger partial charge in [0.05, 0.1) is 6.20 Å². The van der Waals surface area contributed by atoms with Gasteiger partial charge in [-0.2, -0.15) is 0 Å². The summed E-state index contributed by atoms with van der Waals surface area (Å²) in [6.07, 6.45) is 1.56. The molecule has 0 atom stereocenters. The second-order valence-electron chi connectivity index (χ2n) is 3.34. The second-order valence-corrected chi connectivity index (χ2v) is 4.59. The van der Waals surface area contributed by atoms with Gasteiger partial charge in [-0.05, 0) is 46.3 Å². The fraction of sp³-hybridized carbons (Fsp3) is 0.0833. The maximum atomic E-state index is 13.4. The molecule has 0 spiro atoms. The number of hydrogen-bond donors (Lipinski definition) is 0. The number of halogens is 3. The predicted molar refractivity (Wildman–Crippen MR) is 67.7 cm³/mol. The van der Waals surface area contributed by atoms with E-state index >= 15 is 0 Å². The summed E-state index contributed by atoms with van der Waals surface area (Å²) in [5.41, 5.74) is 0.417. The van der Waals surface area contributed by atoms with E-state index in [9.17, 15) is 4.39 Å². The number of ether oxygens (including phenoxy) is 1. The smallest absolute Gasteiger partial charge is 0.138 e. The summed E-state index contributed by atoms with van der Waals surface area (Å²) in [4.78, 5) is 4.00. The van der Waals surface area contributed by atoms with Crippen LogP contribution in [0.4, 0.5) is 4.39 Å². The minimum atomic E-state index is -0.334. The van der Waals surface area contributed by atoms with Crippen molar-refractivity contribution >= 4 is 27.5 Å². The molecule has 0 radical (unpaired) electrons. The van der Waals surface area contributed by atoms with Gasteiger partial charge in [-0.25, -0.2) is 9.37 Å². The highest BCUT2D eigenvalue weighted by atomic mass is 79.9. The fourth-order valence-corrected chi connectivity index (χ4v) is 1.69. The van der Waals surface area contributed by atoms with Gasteiger partial charge in [0.25, 0.3) is 0 Å². The Balaban J connectivity index is 2.07. The van der Waals surface area contributed by atoms with Crippen molar-refractivity contribution < 1.29 is 9.13 Å². The van der Waals surface area contributed by atoms with Gasteiger partial charge in [0.1, 0.15) is 22.8 Å². The third-order valence-electron chi connectivity index (χ3n) is 2.10. The van der Waals surface area contributed by atoms with E-state index in [4.69, 9.17) is 16.3 Å². The maximum absolute atomic E-state index is 13.4. The van der Waals surface area contributed by atoms with E-state index in [0.29, 0.717) is 16.3 Å². The molecule has 0 aliphatic heterocycles. The lowest BCUT2D eigenvalue weighted by atomic mass is 10.2. The second kappa shape index (κ2) is 5.47. The molecule has 0 saturated carbocycles. The topological polar surface area (TPSA) is 22.1 Å². The number of aromatic nitrogens is 1. The summed E-state index contributed by atoms with van der Waals surface area (Å²) >= 11 is 9.00. The van der Waals surface area contributed by atoms with E-state index in [1.807, 2.05) is 0 Å². The van der Waals surface area contributed by atoms with Crippen LogP contribution in [0, 0.1) is 5.82 Å². The molecule has 88 valence electrons. The van der Waals surface area contributed by atoms with E-state index in [1.165, 1.54) is 12.1 Å². The lowest BCUT2D eigenvalue weighted by Crippen LogP contribution is -1.98. The summed E-state index contributed by atoms with van der Waals surface area (Å²) in [5, 5.41) is 0.485. The Labute approximate surface area is 112 Å². The predicted octanol–water partition coefficient (Wildman–Crippen LogP) is 4.22. The molecule has 0 aliphatic carbocycles. The van der Waals surface area contributed by atoms with Gasteiger partial charge in [0.15, 0.2) is 0 Å². The highest BCUT2D eigenvalue weighted by Crippen LogP contribution is 2.18. The minimum Gasteiger partial charge on any atom is -0.487 e. The summed E-state index contributed by atoms with van der Waals surface area (Å²) in [7, 11) is 0.